The van der Waals surface area contributed by atoms with Crippen LogP contribution in [0, 0.1) is 0 Å². The van der Waals surface area contributed by atoms with Gasteiger partial charge in [0.2, 0.25) is 0 Å². The number of unbranched alkanes of at least 4 members (excludes halogenated alkanes) is 38. The average molecular weight is 893 g/mol. The Morgan fingerprint density at radius 1 is 0.344 bits per heavy atom. The van der Waals surface area contributed by atoms with Gasteiger partial charge in [-0.25, -0.2) is 0 Å². The zero-order valence-electron chi connectivity index (χ0n) is 42.7. The Hall–Kier alpha value is -2.40. The van der Waals surface area contributed by atoms with Gasteiger partial charge < -0.3 is 24.1 Å². The molecule has 0 spiro atoms. The standard InChI is InChI=1S/C59H104O5/c1-4-6-8-10-12-14-16-18-20-22-24-26-28-30-32-34-36-38-40-42-46-62-57-48-54(53-64-59-51-56(61-3)45-44-55(59)52-60)49-58(50-57)63-47-43-41-39-37-35-33-31-29-27-25-23-21-19-17-15-13-11-9-7-5-2/h44-45,48-51,60H,4-43,46-47,52-53H2,1-3H3. The van der Waals surface area contributed by atoms with E-state index < -0.39 is 0 Å². The van der Waals surface area contributed by atoms with Crippen molar-refractivity contribution >= 4 is 0 Å². The lowest BCUT2D eigenvalue weighted by Gasteiger charge is -2.15. The van der Waals surface area contributed by atoms with Crippen molar-refractivity contribution in [1.82, 2.24) is 0 Å². The Morgan fingerprint density at radius 3 is 0.953 bits per heavy atom. The third kappa shape index (κ3) is 34.0. The van der Waals surface area contributed by atoms with Crippen molar-refractivity contribution < 1.29 is 24.1 Å². The van der Waals surface area contributed by atoms with Crippen LogP contribution in [0.2, 0.25) is 0 Å². The average Bonchev–Trinajstić information content (AvgIpc) is 3.31. The van der Waals surface area contributed by atoms with Gasteiger partial charge in [0.1, 0.15) is 29.6 Å². The van der Waals surface area contributed by atoms with E-state index >= 15 is 0 Å². The fourth-order valence-electron chi connectivity index (χ4n) is 9.06. The maximum Gasteiger partial charge on any atom is 0.129 e. The van der Waals surface area contributed by atoms with Crippen LogP contribution in [0.25, 0.3) is 0 Å². The smallest absolute Gasteiger partial charge is 0.129 e. The monoisotopic (exact) mass is 893 g/mol. The Morgan fingerprint density at radius 2 is 0.656 bits per heavy atom. The molecule has 1 N–H and O–H groups in total. The van der Waals surface area contributed by atoms with Crippen molar-refractivity contribution in [2.75, 3.05) is 20.3 Å². The SMILES string of the molecule is CCCCCCCCCCCCCCCCCCCCCCOc1cc(COc2cc(OC)ccc2CO)cc(OCCCCCCCCCCCCCCCCCCCCCC)c1. The van der Waals surface area contributed by atoms with E-state index in [2.05, 4.69) is 26.0 Å². The van der Waals surface area contributed by atoms with Gasteiger partial charge in [0, 0.05) is 17.7 Å². The first-order valence-corrected chi connectivity index (χ1v) is 28.0. The molecule has 0 saturated carbocycles. The first-order valence-electron chi connectivity index (χ1n) is 28.0. The molecule has 5 nitrogen and oxygen atoms in total. The van der Waals surface area contributed by atoms with Gasteiger partial charge in [-0.05, 0) is 42.7 Å². The topological polar surface area (TPSA) is 57.2 Å². The zero-order chi connectivity index (χ0) is 45.6. The van der Waals surface area contributed by atoms with Crippen molar-refractivity contribution in [3.63, 3.8) is 0 Å². The van der Waals surface area contributed by atoms with Crippen LogP contribution in [0.3, 0.4) is 0 Å². The van der Waals surface area contributed by atoms with Gasteiger partial charge in [0.25, 0.3) is 0 Å². The highest BCUT2D eigenvalue weighted by Crippen LogP contribution is 2.29. The summed E-state index contributed by atoms with van der Waals surface area (Å²) in [6.45, 7) is 6.30. The molecule has 370 valence electrons. The van der Waals surface area contributed by atoms with Gasteiger partial charge in [0.05, 0.1) is 26.9 Å². The summed E-state index contributed by atoms with van der Waals surface area (Å²) in [5.41, 5.74) is 1.73. The van der Waals surface area contributed by atoms with E-state index in [1.165, 1.54) is 244 Å². The van der Waals surface area contributed by atoms with E-state index in [-0.39, 0.29) is 6.61 Å². The summed E-state index contributed by atoms with van der Waals surface area (Å²) >= 11 is 0. The Bertz CT molecular complexity index is 1210. The summed E-state index contributed by atoms with van der Waals surface area (Å²) in [6, 6.07) is 11.7. The molecule has 0 aromatic heterocycles. The lowest BCUT2D eigenvalue weighted by molar-refractivity contribution is 0.256. The molecular weight excluding hydrogens is 789 g/mol. The van der Waals surface area contributed by atoms with Gasteiger partial charge in [-0.3, -0.25) is 0 Å². The lowest BCUT2D eigenvalue weighted by atomic mass is 10.0. The zero-order valence-corrected chi connectivity index (χ0v) is 42.7. The van der Waals surface area contributed by atoms with E-state index in [1.807, 2.05) is 24.3 Å². The molecule has 0 amide bonds. The van der Waals surface area contributed by atoms with Crippen LogP contribution in [0.1, 0.15) is 282 Å². The number of hydrogen-bond donors (Lipinski definition) is 1. The predicted molar refractivity (Wildman–Crippen MR) is 277 cm³/mol. The minimum atomic E-state index is -0.0875. The summed E-state index contributed by atoms with van der Waals surface area (Å²) in [5, 5.41) is 9.90. The molecule has 0 aliphatic heterocycles. The van der Waals surface area contributed by atoms with E-state index in [9.17, 15) is 5.11 Å². The van der Waals surface area contributed by atoms with Gasteiger partial charge in [-0.15, -0.1) is 0 Å². The molecular formula is C59H104O5. The second-order valence-electron chi connectivity index (χ2n) is 19.4. The van der Waals surface area contributed by atoms with Crippen molar-refractivity contribution in [3.8, 4) is 23.0 Å². The van der Waals surface area contributed by atoms with Crippen LogP contribution >= 0.6 is 0 Å². The van der Waals surface area contributed by atoms with Gasteiger partial charge in [0.15, 0.2) is 0 Å². The maximum atomic E-state index is 9.90. The molecule has 2 aromatic rings. The third-order valence-electron chi connectivity index (χ3n) is 13.3. The molecule has 2 aromatic carbocycles. The number of hydrogen-bond acceptors (Lipinski definition) is 5. The number of benzene rings is 2. The molecule has 5 heteroatoms. The largest absolute Gasteiger partial charge is 0.497 e. The number of ether oxygens (including phenoxy) is 4. The summed E-state index contributed by atoms with van der Waals surface area (Å²) in [4.78, 5) is 0. The molecule has 0 aliphatic rings. The van der Waals surface area contributed by atoms with Crippen molar-refractivity contribution in [2.45, 2.75) is 284 Å². The van der Waals surface area contributed by atoms with Crippen LogP contribution in [-0.2, 0) is 13.2 Å². The van der Waals surface area contributed by atoms with Crippen molar-refractivity contribution in [2.24, 2.45) is 0 Å². The van der Waals surface area contributed by atoms with Gasteiger partial charge in [-0.1, -0.05) is 258 Å². The van der Waals surface area contributed by atoms with Crippen LogP contribution in [-0.4, -0.2) is 25.4 Å². The predicted octanol–water partition coefficient (Wildman–Crippen LogP) is 19.2. The molecule has 0 unspecified atom stereocenters. The molecule has 0 saturated heterocycles. The third-order valence-corrected chi connectivity index (χ3v) is 13.3. The first-order chi connectivity index (χ1) is 31.7. The summed E-state index contributed by atoms with van der Waals surface area (Å²) in [5.74, 6) is 3.01. The van der Waals surface area contributed by atoms with E-state index in [1.54, 1.807) is 7.11 Å². The Labute approximate surface area is 397 Å². The molecule has 0 fully saturated rings. The molecule has 0 atom stereocenters. The number of aliphatic hydroxyl groups is 1. The molecule has 0 radical (unpaired) electrons. The number of aliphatic hydroxyl groups excluding tert-OH is 1. The fraction of sp³-hybridized carbons (Fsp3) is 0.797. The minimum Gasteiger partial charge on any atom is -0.497 e. The van der Waals surface area contributed by atoms with Crippen LogP contribution in [0.15, 0.2) is 36.4 Å². The Balaban J connectivity index is 1.57. The molecule has 2 rings (SSSR count). The quantitative estimate of drug-likeness (QED) is 0.0671. The van der Waals surface area contributed by atoms with Crippen molar-refractivity contribution in [3.05, 3.63) is 47.5 Å². The second kappa shape index (κ2) is 44.4. The number of methoxy groups -OCH3 is 1. The fourth-order valence-corrected chi connectivity index (χ4v) is 9.06. The van der Waals surface area contributed by atoms with E-state index in [4.69, 9.17) is 18.9 Å². The second-order valence-corrected chi connectivity index (χ2v) is 19.4. The van der Waals surface area contributed by atoms with Crippen LogP contribution in [0.5, 0.6) is 23.0 Å². The summed E-state index contributed by atoms with van der Waals surface area (Å²) in [6.07, 6.45) is 55.5. The molecule has 0 heterocycles. The minimum absolute atomic E-state index is 0.0875. The van der Waals surface area contributed by atoms with E-state index in [0.29, 0.717) is 31.3 Å². The number of rotatable bonds is 49. The highest BCUT2D eigenvalue weighted by Gasteiger charge is 2.09. The van der Waals surface area contributed by atoms with Crippen molar-refractivity contribution in [1.29, 1.82) is 0 Å². The van der Waals surface area contributed by atoms with Gasteiger partial charge in [-0.2, -0.15) is 0 Å². The Kier molecular flexibility index (Phi) is 40.1. The lowest BCUT2D eigenvalue weighted by Crippen LogP contribution is -2.04. The van der Waals surface area contributed by atoms with Crippen LogP contribution in [0.4, 0.5) is 0 Å². The van der Waals surface area contributed by atoms with Crippen LogP contribution < -0.4 is 18.9 Å². The highest BCUT2D eigenvalue weighted by atomic mass is 16.5. The maximum absolute atomic E-state index is 9.90. The molecule has 0 aliphatic carbocycles. The normalized spacial score (nSPS) is 11.4. The highest BCUT2D eigenvalue weighted by molar-refractivity contribution is 5.42. The van der Waals surface area contributed by atoms with E-state index in [0.717, 1.165) is 35.5 Å². The first kappa shape index (κ1) is 57.7. The molecule has 64 heavy (non-hydrogen) atoms. The molecule has 0 bridgehead atoms. The summed E-state index contributed by atoms with van der Waals surface area (Å²) < 4.78 is 24.2. The summed E-state index contributed by atoms with van der Waals surface area (Å²) in [7, 11) is 1.64. The van der Waals surface area contributed by atoms with Gasteiger partial charge >= 0.3 is 0 Å².